The monoisotopic (exact) mass is 280 g/mol. The van der Waals surface area contributed by atoms with Gasteiger partial charge in [-0.2, -0.15) is 5.10 Å². The minimum absolute atomic E-state index is 0.0535. The summed E-state index contributed by atoms with van der Waals surface area (Å²) in [5.41, 5.74) is 7.73. The molecule has 6 heteroatoms. The van der Waals surface area contributed by atoms with Gasteiger partial charge in [-0.15, -0.1) is 0 Å². The molecule has 20 heavy (non-hydrogen) atoms. The number of anilines is 1. The quantitative estimate of drug-likeness (QED) is 0.705. The van der Waals surface area contributed by atoms with E-state index >= 15 is 0 Å². The summed E-state index contributed by atoms with van der Waals surface area (Å²) in [6.45, 7) is 4.34. The molecule has 0 atom stereocenters. The molecule has 1 amide bonds. The summed E-state index contributed by atoms with van der Waals surface area (Å²) in [7, 11) is 0. The van der Waals surface area contributed by atoms with Crippen molar-refractivity contribution in [2.75, 3.05) is 18.9 Å². The summed E-state index contributed by atoms with van der Waals surface area (Å²) in [4.78, 5) is 14.3. The van der Waals surface area contributed by atoms with E-state index in [0.717, 1.165) is 31.4 Å². The Balaban J connectivity index is 2.22. The maximum Gasteiger partial charge on any atom is 0.276 e. The second-order valence-electron chi connectivity index (χ2n) is 5.37. The van der Waals surface area contributed by atoms with E-state index in [1.54, 1.807) is 4.90 Å². The smallest absolute Gasteiger partial charge is 0.276 e. The number of amides is 1. The number of hydrogen-bond donors (Lipinski definition) is 3. The lowest BCUT2D eigenvalue weighted by atomic mass is 10.1. The Labute approximate surface area is 119 Å². The van der Waals surface area contributed by atoms with Crippen molar-refractivity contribution < 1.29 is 9.90 Å². The van der Waals surface area contributed by atoms with Crippen molar-refractivity contribution in [2.45, 2.75) is 51.5 Å². The molecule has 0 bridgehead atoms. The van der Waals surface area contributed by atoms with E-state index in [1.165, 1.54) is 0 Å². The molecule has 6 nitrogen and oxygen atoms in total. The summed E-state index contributed by atoms with van der Waals surface area (Å²) in [6, 6.07) is 0.107. The van der Waals surface area contributed by atoms with Gasteiger partial charge in [-0.05, 0) is 25.7 Å². The van der Waals surface area contributed by atoms with E-state index in [1.807, 2.05) is 13.8 Å². The Bertz CT molecular complexity index is 464. The molecular formula is C14H24N4O2. The number of carbonyl (C=O) groups excluding carboxylic acids is 1. The predicted octanol–water partition coefficient (Wildman–Crippen LogP) is 1.49. The fourth-order valence-corrected chi connectivity index (χ4v) is 2.63. The highest BCUT2D eigenvalue weighted by Gasteiger charge is 2.32. The highest BCUT2D eigenvalue weighted by atomic mass is 16.3. The van der Waals surface area contributed by atoms with Gasteiger partial charge in [-0.1, -0.05) is 13.8 Å². The second kappa shape index (κ2) is 6.26. The van der Waals surface area contributed by atoms with E-state index in [0.29, 0.717) is 23.8 Å². The summed E-state index contributed by atoms with van der Waals surface area (Å²) in [5.74, 6) is 0.247. The number of H-pyrrole nitrogens is 1. The van der Waals surface area contributed by atoms with Crippen LogP contribution in [0.1, 0.15) is 61.6 Å². The zero-order chi connectivity index (χ0) is 14.7. The number of nitrogen functional groups attached to an aromatic ring is 1. The van der Waals surface area contributed by atoms with Crippen LogP contribution in [0.25, 0.3) is 0 Å². The molecule has 0 aliphatic heterocycles. The first-order valence-corrected chi connectivity index (χ1v) is 7.39. The van der Waals surface area contributed by atoms with Gasteiger partial charge in [-0.3, -0.25) is 9.89 Å². The van der Waals surface area contributed by atoms with E-state index in [2.05, 4.69) is 10.2 Å². The van der Waals surface area contributed by atoms with Crippen molar-refractivity contribution in [3.8, 4) is 0 Å². The number of aliphatic hydroxyl groups is 1. The van der Waals surface area contributed by atoms with Gasteiger partial charge >= 0.3 is 0 Å². The third-order valence-electron chi connectivity index (χ3n) is 4.01. The summed E-state index contributed by atoms with van der Waals surface area (Å²) in [5, 5.41) is 16.2. The molecule has 0 radical (unpaired) electrons. The van der Waals surface area contributed by atoms with Crippen LogP contribution >= 0.6 is 0 Å². The molecule has 1 aromatic rings. The van der Waals surface area contributed by atoms with Gasteiger partial charge in [0.05, 0.1) is 18.0 Å². The first-order chi connectivity index (χ1) is 9.63. The summed E-state index contributed by atoms with van der Waals surface area (Å²) < 4.78 is 0. The number of carbonyl (C=O) groups is 1. The lowest BCUT2D eigenvalue weighted by Gasteiger charge is -2.29. The lowest BCUT2D eigenvalue weighted by molar-refractivity contribution is 0.0617. The summed E-state index contributed by atoms with van der Waals surface area (Å²) in [6.07, 6.45) is 3.91. The van der Waals surface area contributed by atoms with Crippen LogP contribution in [0, 0.1) is 0 Å². The molecule has 1 aromatic heterocycles. The number of nitrogens with one attached hydrogen (secondary N) is 1. The van der Waals surface area contributed by atoms with Crippen molar-refractivity contribution in [1.29, 1.82) is 0 Å². The Morgan fingerprint density at radius 1 is 1.50 bits per heavy atom. The molecule has 4 N–H and O–H groups in total. The van der Waals surface area contributed by atoms with Crippen molar-refractivity contribution in [1.82, 2.24) is 15.1 Å². The molecule has 1 saturated carbocycles. The Morgan fingerprint density at radius 2 is 2.15 bits per heavy atom. The van der Waals surface area contributed by atoms with E-state index < -0.39 is 0 Å². The highest BCUT2D eigenvalue weighted by molar-refractivity contribution is 5.98. The standard InChI is InChI=1S/C14H24N4O2/c1-3-10(4-2)18(7-8-19)14(20)13-11(15)12(16-17-13)9-5-6-9/h9-10,19H,3-8,15H2,1-2H3,(H,16,17). The Morgan fingerprint density at radius 3 is 2.65 bits per heavy atom. The maximum atomic E-state index is 12.6. The minimum Gasteiger partial charge on any atom is -0.395 e. The van der Waals surface area contributed by atoms with Crippen LogP contribution in [0.15, 0.2) is 0 Å². The van der Waals surface area contributed by atoms with Crippen LogP contribution < -0.4 is 5.73 Å². The summed E-state index contributed by atoms with van der Waals surface area (Å²) >= 11 is 0. The van der Waals surface area contributed by atoms with Gasteiger partial charge in [0, 0.05) is 18.5 Å². The van der Waals surface area contributed by atoms with Crippen LogP contribution in [0.5, 0.6) is 0 Å². The molecule has 0 spiro atoms. The number of nitrogens with zero attached hydrogens (tertiary/aromatic N) is 2. The average molecular weight is 280 g/mol. The topological polar surface area (TPSA) is 95.2 Å². The Hall–Kier alpha value is -1.56. The van der Waals surface area contributed by atoms with Crippen LogP contribution in [0.4, 0.5) is 5.69 Å². The minimum atomic E-state index is -0.187. The number of hydrogen-bond acceptors (Lipinski definition) is 4. The third kappa shape index (κ3) is 2.80. The zero-order valence-electron chi connectivity index (χ0n) is 12.2. The fraction of sp³-hybridized carbons (Fsp3) is 0.714. The second-order valence-corrected chi connectivity index (χ2v) is 5.37. The number of aromatic amines is 1. The average Bonchev–Trinajstić information content (AvgIpc) is 3.21. The Kier molecular flexibility index (Phi) is 4.65. The fourth-order valence-electron chi connectivity index (χ4n) is 2.63. The highest BCUT2D eigenvalue weighted by Crippen LogP contribution is 2.42. The largest absolute Gasteiger partial charge is 0.395 e. The predicted molar refractivity (Wildman–Crippen MR) is 77.5 cm³/mol. The molecule has 0 saturated heterocycles. The lowest BCUT2D eigenvalue weighted by Crippen LogP contribution is -2.42. The van der Waals surface area contributed by atoms with Crippen molar-refractivity contribution in [3.05, 3.63) is 11.4 Å². The number of rotatable bonds is 7. The first kappa shape index (κ1) is 14.8. The molecule has 1 fully saturated rings. The van der Waals surface area contributed by atoms with Crippen molar-refractivity contribution >= 4 is 11.6 Å². The van der Waals surface area contributed by atoms with Crippen LogP contribution in [0.3, 0.4) is 0 Å². The van der Waals surface area contributed by atoms with Crippen LogP contribution in [0.2, 0.25) is 0 Å². The molecular weight excluding hydrogens is 256 g/mol. The maximum absolute atomic E-state index is 12.6. The van der Waals surface area contributed by atoms with Gasteiger partial charge in [-0.25, -0.2) is 0 Å². The van der Waals surface area contributed by atoms with Gasteiger partial charge in [0.1, 0.15) is 0 Å². The first-order valence-electron chi connectivity index (χ1n) is 7.39. The van der Waals surface area contributed by atoms with Crippen molar-refractivity contribution in [3.63, 3.8) is 0 Å². The van der Waals surface area contributed by atoms with E-state index in [4.69, 9.17) is 5.73 Å². The molecule has 112 valence electrons. The normalized spacial score (nSPS) is 14.8. The molecule has 1 aliphatic carbocycles. The van der Waals surface area contributed by atoms with Gasteiger partial charge in [0.2, 0.25) is 0 Å². The zero-order valence-corrected chi connectivity index (χ0v) is 12.2. The SMILES string of the molecule is CCC(CC)N(CCO)C(=O)c1n[nH]c(C2CC2)c1N. The van der Waals surface area contributed by atoms with Gasteiger partial charge in [0.15, 0.2) is 5.69 Å². The van der Waals surface area contributed by atoms with Crippen LogP contribution in [-0.4, -0.2) is 45.3 Å². The van der Waals surface area contributed by atoms with E-state index in [9.17, 15) is 9.90 Å². The van der Waals surface area contributed by atoms with Gasteiger partial charge < -0.3 is 15.7 Å². The van der Waals surface area contributed by atoms with Gasteiger partial charge in [0.25, 0.3) is 5.91 Å². The van der Waals surface area contributed by atoms with Crippen molar-refractivity contribution in [2.24, 2.45) is 0 Å². The van der Waals surface area contributed by atoms with Crippen LogP contribution in [-0.2, 0) is 0 Å². The molecule has 1 heterocycles. The molecule has 0 aromatic carbocycles. The molecule has 1 aliphatic rings. The number of aromatic nitrogens is 2. The number of nitrogens with two attached hydrogens (primary N) is 1. The third-order valence-corrected chi connectivity index (χ3v) is 4.01. The number of aliphatic hydroxyl groups excluding tert-OH is 1. The van der Waals surface area contributed by atoms with E-state index in [-0.39, 0.29) is 18.6 Å². The molecule has 2 rings (SSSR count). The molecule has 0 unspecified atom stereocenters.